The SMILES string of the molecule is Cc1ccccc1CSc1cc2ccccc2[n+](CCCCCC2CCCCC2)c1. The molecule has 0 N–H and O–H groups in total. The van der Waals surface area contributed by atoms with E-state index in [1.807, 2.05) is 11.8 Å². The quantitative estimate of drug-likeness (QED) is 0.194. The number of aryl methyl sites for hydroxylation is 2. The topological polar surface area (TPSA) is 3.88 Å². The van der Waals surface area contributed by atoms with E-state index in [-0.39, 0.29) is 0 Å². The van der Waals surface area contributed by atoms with Crippen molar-refractivity contribution in [1.29, 1.82) is 0 Å². The van der Waals surface area contributed by atoms with Gasteiger partial charge in [0.1, 0.15) is 6.54 Å². The van der Waals surface area contributed by atoms with Crippen LogP contribution in [0.15, 0.2) is 65.7 Å². The van der Waals surface area contributed by atoms with E-state index in [1.54, 1.807) is 0 Å². The van der Waals surface area contributed by atoms with Crippen LogP contribution in [0, 0.1) is 12.8 Å². The molecule has 3 aromatic rings. The number of benzene rings is 2. The number of fused-ring (bicyclic) bond motifs is 1. The maximum absolute atomic E-state index is 2.50. The van der Waals surface area contributed by atoms with Crippen molar-refractivity contribution < 1.29 is 4.57 Å². The van der Waals surface area contributed by atoms with Gasteiger partial charge in [-0.05, 0) is 42.5 Å². The van der Waals surface area contributed by atoms with Gasteiger partial charge >= 0.3 is 0 Å². The molecule has 4 rings (SSSR count). The highest BCUT2D eigenvalue weighted by atomic mass is 32.2. The Morgan fingerprint density at radius 1 is 0.900 bits per heavy atom. The van der Waals surface area contributed by atoms with Crippen LogP contribution >= 0.6 is 11.8 Å². The number of para-hydroxylation sites is 1. The largest absolute Gasteiger partial charge is 0.212 e. The first-order valence-corrected chi connectivity index (χ1v) is 12.9. The fourth-order valence-corrected chi connectivity index (χ4v) is 5.91. The maximum Gasteiger partial charge on any atom is 0.212 e. The second-order valence-corrected chi connectivity index (χ2v) is 10.0. The van der Waals surface area contributed by atoms with Crippen LogP contribution in [0.5, 0.6) is 0 Å². The van der Waals surface area contributed by atoms with E-state index in [2.05, 4.69) is 72.3 Å². The van der Waals surface area contributed by atoms with Crippen molar-refractivity contribution in [1.82, 2.24) is 0 Å². The minimum Gasteiger partial charge on any atom is -0.197 e. The number of aromatic nitrogens is 1. The summed E-state index contributed by atoms with van der Waals surface area (Å²) in [6.07, 6.45) is 15.3. The summed E-state index contributed by atoms with van der Waals surface area (Å²) in [5.41, 5.74) is 4.19. The number of thioether (sulfide) groups is 1. The lowest BCUT2D eigenvalue weighted by Gasteiger charge is -2.21. The van der Waals surface area contributed by atoms with E-state index in [0.717, 1.165) is 18.2 Å². The van der Waals surface area contributed by atoms with Gasteiger partial charge in [0.25, 0.3) is 0 Å². The van der Waals surface area contributed by atoms with Crippen LogP contribution in [0.2, 0.25) is 0 Å². The first kappa shape index (κ1) is 21.4. The average Bonchev–Trinajstić information content (AvgIpc) is 2.79. The summed E-state index contributed by atoms with van der Waals surface area (Å²) in [5, 5.41) is 1.36. The molecule has 0 bridgehead atoms. The summed E-state index contributed by atoms with van der Waals surface area (Å²) in [4.78, 5) is 1.37. The predicted molar refractivity (Wildman–Crippen MR) is 130 cm³/mol. The molecule has 158 valence electrons. The van der Waals surface area contributed by atoms with Gasteiger partial charge in [0.2, 0.25) is 5.52 Å². The monoisotopic (exact) mass is 418 g/mol. The van der Waals surface area contributed by atoms with Crippen LogP contribution in [0.1, 0.15) is 68.9 Å². The molecule has 0 saturated heterocycles. The molecule has 0 spiro atoms. The first-order chi connectivity index (χ1) is 14.8. The summed E-state index contributed by atoms with van der Waals surface area (Å²) in [7, 11) is 0. The summed E-state index contributed by atoms with van der Waals surface area (Å²) in [6.45, 7) is 3.34. The highest BCUT2D eigenvalue weighted by Crippen LogP contribution is 2.28. The normalized spacial score (nSPS) is 15.0. The Balaban J connectivity index is 1.37. The zero-order valence-corrected chi connectivity index (χ0v) is 19.3. The summed E-state index contributed by atoms with van der Waals surface area (Å²) >= 11 is 1.96. The minimum absolute atomic E-state index is 1.02. The fourth-order valence-electron chi connectivity index (χ4n) is 4.85. The van der Waals surface area contributed by atoms with Crippen molar-refractivity contribution in [2.75, 3.05) is 0 Å². The molecule has 1 aliphatic rings. The van der Waals surface area contributed by atoms with E-state index >= 15 is 0 Å². The lowest BCUT2D eigenvalue weighted by molar-refractivity contribution is -0.673. The van der Waals surface area contributed by atoms with Crippen molar-refractivity contribution >= 4 is 22.7 Å². The van der Waals surface area contributed by atoms with Crippen LogP contribution in [0.3, 0.4) is 0 Å². The molecule has 2 aromatic carbocycles. The van der Waals surface area contributed by atoms with Crippen LogP contribution in [-0.4, -0.2) is 0 Å². The number of unbranched alkanes of at least 4 members (excludes halogenated alkanes) is 2. The van der Waals surface area contributed by atoms with Gasteiger partial charge in [0.15, 0.2) is 6.20 Å². The number of rotatable bonds is 9. The third-order valence-corrected chi connectivity index (χ3v) is 7.73. The van der Waals surface area contributed by atoms with Crippen molar-refractivity contribution in [3.63, 3.8) is 0 Å². The number of pyridine rings is 1. The Kier molecular flexibility index (Phi) is 7.86. The molecule has 1 saturated carbocycles. The van der Waals surface area contributed by atoms with E-state index in [9.17, 15) is 0 Å². The predicted octanol–water partition coefficient (Wildman–Crippen LogP) is 7.87. The maximum atomic E-state index is 2.50. The molecular weight excluding hydrogens is 382 g/mol. The smallest absolute Gasteiger partial charge is 0.197 e. The van der Waals surface area contributed by atoms with E-state index in [4.69, 9.17) is 0 Å². The Labute approximate surface area is 186 Å². The van der Waals surface area contributed by atoms with Crippen molar-refractivity contribution in [2.45, 2.75) is 81.9 Å². The lowest BCUT2D eigenvalue weighted by atomic mass is 9.85. The number of hydrogen-bond acceptors (Lipinski definition) is 1. The molecule has 0 amide bonds. The van der Waals surface area contributed by atoms with Gasteiger partial charge in [-0.3, -0.25) is 0 Å². The summed E-state index contributed by atoms with van der Waals surface area (Å²) in [6, 6.07) is 20.0. The molecule has 1 aliphatic carbocycles. The second kappa shape index (κ2) is 11.0. The van der Waals surface area contributed by atoms with Gasteiger partial charge < -0.3 is 0 Å². The summed E-state index contributed by atoms with van der Waals surface area (Å²) in [5.74, 6) is 2.06. The Hall–Kier alpha value is -1.80. The van der Waals surface area contributed by atoms with Crippen molar-refractivity contribution in [2.24, 2.45) is 5.92 Å². The zero-order chi connectivity index (χ0) is 20.6. The molecule has 0 unspecified atom stereocenters. The Morgan fingerprint density at radius 2 is 1.70 bits per heavy atom. The molecule has 0 atom stereocenters. The zero-order valence-electron chi connectivity index (χ0n) is 18.5. The van der Waals surface area contributed by atoms with Gasteiger partial charge in [0, 0.05) is 23.6 Å². The highest BCUT2D eigenvalue weighted by Gasteiger charge is 2.14. The van der Waals surface area contributed by atoms with Crippen molar-refractivity contribution in [3.05, 3.63) is 71.9 Å². The molecule has 1 fully saturated rings. The van der Waals surface area contributed by atoms with E-state index in [1.165, 1.54) is 84.7 Å². The van der Waals surface area contributed by atoms with Crippen molar-refractivity contribution in [3.8, 4) is 0 Å². The molecule has 1 heterocycles. The molecule has 0 radical (unpaired) electrons. The van der Waals surface area contributed by atoms with Gasteiger partial charge in [-0.15, -0.1) is 11.8 Å². The van der Waals surface area contributed by atoms with Gasteiger partial charge in [-0.25, -0.2) is 0 Å². The molecule has 2 heteroatoms. The average molecular weight is 419 g/mol. The second-order valence-electron chi connectivity index (χ2n) is 9.00. The molecule has 30 heavy (non-hydrogen) atoms. The third kappa shape index (κ3) is 5.88. The Bertz CT molecular complexity index is 942. The van der Waals surface area contributed by atoms with Crippen LogP contribution in [0.25, 0.3) is 10.9 Å². The molecule has 1 nitrogen and oxygen atoms in total. The van der Waals surface area contributed by atoms with Gasteiger partial charge in [-0.2, -0.15) is 4.57 Å². The standard InChI is InChI=1S/C28H36NS/c1-23-12-7-8-17-26(23)22-30-27-20-25-16-9-10-18-28(25)29(21-27)19-11-3-6-15-24-13-4-2-5-14-24/h7-10,12,16-18,20-21,24H,2-6,11,13-15,19,22H2,1H3/q+1. The lowest BCUT2D eigenvalue weighted by Crippen LogP contribution is -2.34. The number of hydrogen-bond donors (Lipinski definition) is 0. The summed E-state index contributed by atoms with van der Waals surface area (Å²) < 4.78 is 2.50. The van der Waals surface area contributed by atoms with Crippen LogP contribution in [0.4, 0.5) is 0 Å². The van der Waals surface area contributed by atoms with Gasteiger partial charge in [-0.1, -0.05) is 81.3 Å². The first-order valence-electron chi connectivity index (χ1n) is 11.9. The molecule has 1 aromatic heterocycles. The van der Waals surface area contributed by atoms with Crippen LogP contribution in [-0.2, 0) is 12.3 Å². The van der Waals surface area contributed by atoms with Gasteiger partial charge in [0.05, 0.1) is 4.90 Å². The van der Waals surface area contributed by atoms with Crippen LogP contribution < -0.4 is 4.57 Å². The minimum atomic E-state index is 1.02. The highest BCUT2D eigenvalue weighted by molar-refractivity contribution is 7.98. The number of nitrogens with zero attached hydrogens (tertiary/aromatic N) is 1. The van der Waals surface area contributed by atoms with E-state index < -0.39 is 0 Å². The third-order valence-electron chi connectivity index (χ3n) is 6.72. The fraction of sp³-hybridized carbons (Fsp3) is 0.464. The Morgan fingerprint density at radius 3 is 2.57 bits per heavy atom. The molecular formula is C28H36NS+. The molecule has 0 aliphatic heterocycles. The van der Waals surface area contributed by atoms with E-state index in [0.29, 0.717) is 0 Å².